The van der Waals surface area contributed by atoms with Gasteiger partial charge < -0.3 is 10.2 Å². The van der Waals surface area contributed by atoms with Crippen LogP contribution < -0.4 is 10.2 Å². The largest absolute Gasteiger partial charge is 0.372 e. The Morgan fingerprint density at radius 1 is 1.11 bits per heavy atom. The second-order valence-electron chi connectivity index (χ2n) is 5.63. The Kier molecular flexibility index (Phi) is 5.46. The fraction of sp³-hybridized carbons (Fsp3) is 0.529. The van der Waals surface area contributed by atoms with Crippen LogP contribution in [0.5, 0.6) is 0 Å². The smallest absolute Gasteiger partial charge is 0.0366 e. The van der Waals surface area contributed by atoms with Gasteiger partial charge in [0.15, 0.2) is 0 Å². The van der Waals surface area contributed by atoms with E-state index in [1.165, 1.54) is 49.2 Å². The quantitative estimate of drug-likeness (QED) is 0.639. The summed E-state index contributed by atoms with van der Waals surface area (Å²) < 4.78 is 0. The Bertz CT molecular complexity index is 396. The topological polar surface area (TPSA) is 15.3 Å². The number of nitrogens with one attached hydrogen (secondary N) is 1. The van der Waals surface area contributed by atoms with Crippen molar-refractivity contribution in [3.63, 3.8) is 0 Å². The van der Waals surface area contributed by atoms with E-state index in [9.17, 15) is 0 Å². The Balaban J connectivity index is 1.82. The van der Waals surface area contributed by atoms with Crippen molar-refractivity contribution in [3.8, 4) is 0 Å². The highest BCUT2D eigenvalue weighted by atomic mass is 15.1. The zero-order chi connectivity index (χ0) is 13.5. The molecule has 2 heteroatoms. The van der Waals surface area contributed by atoms with E-state index in [1.54, 1.807) is 0 Å². The molecular weight excluding hydrogens is 232 g/mol. The van der Waals surface area contributed by atoms with Crippen molar-refractivity contribution in [1.82, 2.24) is 5.32 Å². The SMILES string of the molecule is CC(C)=CCNCc1ccc(N2CCCCC2)cc1. The van der Waals surface area contributed by atoms with Gasteiger partial charge in [0, 0.05) is 31.9 Å². The van der Waals surface area contributed by atoms with Gasteiger partial charge in [-0.25, -0.2) is 0 Å². The van der Waals surface area contributed by atoms with Crippen molar-refractivity contribution in [2.75, 3.05) is 24.5 Å². The predicted molar refractivity (Wildman–Crippen MR) is 83.6 cm³/mol. The number of benzene rings is 1. The maximum Gasteiger partial charge on any atom is 0.0366 e. The minimum absolute atomic E-state index is 0.948. The molecule has 0 radical (unpaired) electrons. The zero-order valence-corrected chi connectivity index (χ0v) is 12.3. The Labute approximate surface area is 117 Å². The van der Waals surface area contributed by atoms with E-state index in [1.807, 2.05) is 0 Å². The van der Waals surface area contributed by atoms with Gasteiger partial charge in [0.2, 0.25) is 0 Å². The van der Waals surface area contributed by atoms with Gasteiger partial charge in [-0.15, -0.1) is 0 Å². The normalized spacial score (nSPS) is 15.4. The van der Waals surface area contributed by atoms with Crippen LogP contribution in [0.4, 0.5) is 5.69 Å². The van der Waals surface area contributed by atoms with Crippen LogP contribution in [-0.2, 0) is 6.54 Å². The lowest BCUT2D eigenvalue weighted by Gasteiger charge is -2.28. The molecule has 19 heavy (non-hydrogen) atoms. The van der Waals surface area contributed by atoms with Gasteiger partial charge in [0.1, 0.15) is 0 Å². The number of nitrogens with zero attached hydrogens (tertiary/aromatic N) is 1. The molecule has 1 fully saturated rings. The van der Waals surface area contributed by atoms with Crippen molar-refractivity contribution in [1.29, 1.82) is 0 Å². The van der Waals surface area contributed by atoms with Crippen LogP contribution in [0, 0.1) is 0 Å². The molecule has 1 aliphatic rings. The summed E-state index contributed by atoms with van der Waals surface area (Å²) in [4.78, 5) is 2.50. The average Bonchev–Trinajstić information content (AvgIpc) is 2.45. The first-order valence-corrected chi connectivity index (χ1v) is 7.44. The van der Waals surface area contributed by atoms with E-state index in [-0.39, 0.29) is 0 Å². The lowest BCUT2D eigenvalue weighted by atomic mass is 10.1. The maximum absolute atomic E-state index is 3.44. The maximum atomic E-state index is 3.44. The number of rotatable bonds is 5. The van der Waals surface area contributed by atoms with Gasteiger partial charge in [-0.1, -0.05) is 23.8 Å². The Hall–Kier alpha value is -1.28. The molecule has 0 saturated carbocycles. The lowest BCUT2D eigenvalue weighted by molar-refractivity contribution is 0.578. The van der Waals surface area contributed by atoms with Crippen LogP contribution in [0.3, 0.4) is 0 Å². The number of allylic oxidation sites excluding steroid dienone is 1. The Morgan fingerprint density at radius 2 is 1.79 bits per heavy atom. The van der Waals surface area contributed by atoms with Gasteiger partial charge in [-0.05, 0) is 50.8 Å². The molecule has 0 bridgehead atoms. The van der Waals surface area contributed by atoms with E-state index in [4.69, 9.17) is 0 Å². The fourth-order valence-electron chi connectivity index (χ4n) is 2.47. The van der Waals surface area contributed by atoms with Crippen molar-refractivity contribution in [2.24, 2.45) is 0 Å². The molecule has 2 nitrogen and oxygen atoms in total. The molecule has 104 valence electrons. The van der Waals surface area contributed by atoms with E-state index in [0.717, 1.165) is 13.1 Å². The molecule has 1 N–H and O–H groups in total. The monoisotopic (exact) mass is 258 g/mol. The zero-order valence-electron chi connectivity index (χ0n) is 12.3. The summed E-state index contributed by atoms with van der Waals surface area (Å²) in [6.45, 7) is 8.61. The van der Waals surface area contributed by atoms with Crippen molar-refractivity contribution < 1.29 is 0 Å². The summed E-state index contributed by atoms with van der Waals surface area (Å²) in [5.74, 6) is 0. The molecule has 0 amide bonds. The van der Waals surface area contributed by atoms with Crippen molar-refractivity contribution >= 4 is 5.69 Å². The standard InChI is InChI=1S/C17H26N2/c1-15(2)10-11-18-14-16-6-8-17(9-7-16)19-12-4-3-5-13-19/h6-10,18H,3-5,11-14H2,1-2H3. The first kappa shape index (κ1) is 14.1. The molecule has 0 unspecified atom stereocenters. The van der Waals surface area contributed by atoms with E-state index < -0.39 is 0 Å². The molecule has 0 spiro atoms. The summed E-state index contributed by atoms with van der Waals surface area (Å²) in [6.07, 6.45) is 6.29. The van der Waals surface area contributed by atoms with Crippen LogP contribution in [0.2, 0.25) is 0 Å². The number of anilines is 1. The molecule has 1 aromatic carbocycles. The summed E-state index contributed by atoms with van der Waals surface area (Å²) in [7, 11) is 0. The van der Waals surface area contributed by atoms with Crippen LogP contribution >= 0.6 is 0 Å². The van der Waals surface area contributed by atoms with Gasteiger partial charge in [-0.3, -0.25) is 0 Å². The van der Waals surface area contributed by atoms with Crippen LogP contribution in [-0.4, -0.2) is 19.6 Å². The van der Waals surface area contributed by atoms with E-state index in [2.05, 4.69) is 54.4 Å². The third kappa shape index (κ3) is 4.71. The van der Waals surface area contributed by atoms with Crippen molar-refractivity contribution in [2.45, 2.75) is 39.7 Å². The molecule has 1 saturated heterocycles. The molecule has 2 rings (SSSR count). The first-order chi connectivity index (χ1) is 9.25. The number of piperidine rings is 1. The highest BCUT2D eigenvalue weighted by Crippen LogP contribution is 2.20. The minimum Gasteiger partial charge on any atom is -0.372 e. The highest BCUT2D eigenvalue weighted by molar-refractivity contribution is 5.47. The van der Waals surface area contributed by atoms with Gasteiger partial charge in [0.25, 0.3) is 0 Å². The number of hydrogen-bond donors (Lipinski definition) is 1. The summed E-state index contributed by atoms with van der Waals surface area (Å²) >= 11 is 0. The summed E-state index contributed by atoms with van der Waals surface area (Å²) in [6, 6.07) is 9.03. The van der Waals surface area contributed by atoms with Gasteiger partial charge >= 0.3 is 0 Å². The van der Waals surface area contributed by atoms with E-state index in [0.29, 0.717) is 0 Å². The molecule has 0 atom stereocenters. The average molecular weight is 258 g/mol. The molecule has 0 aromatic heterocycles. The second kappa shape index (κ2) is 7.34. The third-order valence-corrected chi connectivity index (χ3v) is 3.64. The molecule has 0 aliphatic carbocycles. The van der Waals surface area contributed by atoms with Crippen molar-refractivity contribution in [3.05, 3.63) is 41.5 Å². The third-order valence-electron chi connectivity index (χ3n) is 3.64. The van der Waals surface area contributed by atoms with Gasteiger partial charge in [0.05, 0.1) is 0 Å². The first-order valence-electron chi connectivity index (χ1n) is 7.44. The second-order valence-corrected chi connectivity index (χ2v) is 5.63. The molecule has 1 heterocycles. The number of hydrogen-bond acceptors (Lipinski definition) is 2. The van der Waals surface area contributed by atoms with Crippen LogP contribution in [0.1, 0.15) is 38.7 Å². The summed E-state index contributed by atoms with van der Waals surface area (Å²) in [5.41, 5.74) is 4.11. The highest BCUT2D eigenvalue weighted by Gasteiger charge is 2.10. The van der Waals surface area contributed by atoms with Crippen LogP contribution in [0.25, 0.3) is 0 Å². The van der Waals surface area contributed by atoms with E-state index >= 15 is 0 Å². The summed E-state index contributed by atoms with van der Waals surface area (Å²) in [5, 5.41) is 3.44. The lowest BCUT2D eigenvalue weighted by Crippen LogP contribution is -2.29. The van der Waals surface area contributed by atoms with Crippen LogP contribution in [0.15, 0.2) is 35.9 Å². The molecule has 1 aromatic rings. The predicted octanol–water partition coefficient (Wildman–Crippen LogP) is 3.73. The molecule has 1 aliphatic heterocycles. The minimum atomic E-state index is 0.948. The molecular formula is C17H26N2. The van der Waals surface area contributed by atoms with Gasteiger partial charge in [-0.2, -0.15) is 0 Å². The Morgan fingerprint density at radius 3 is 2.42 bits per heavy atom. The fourth-order valence-corrected chi connectivity index (χ4v) is 2.47.